The Labute approximate surface area is 153 Å². The fourth-order valence-electron chi connectivity index (χ4n) is 2.51. The molecule has 6 nitrogen and oxygen atoms in total. The molecule has 0 bridgehead atoms. The first-order chi connectivity index (χ1) is 12.3. The average Bonchev–Trinajstić information content (AvgIpc) is 2.58. The molecular formula is C19H20N4O2S. The highest BCUT2D eigenvalue weighted by molar-refractivity contribution is 7.92. The van der Waals surface area contributed by atoms with E-state index < -0.39 is 10.0 Å². The predicted octanol–water partition coefficient (Wildman–Crippen LogP) is 3.95. The van der Waals surface area contributed by atoms with Crippen molar-refractivity contribution in [3.05, 3.63) is 71.3 Å². The Balaban J connectivity index is 1.77. The lowest BCUT2D eigenvalue weighted by Gasteiger charge is -2.11. The number of anilines is 3. The number of hydrogen-bond acceptors (Lipinski definition) is 5. The monoisotopic (exact) mass is 368 g/mol. The highest BCUT2D eigenvalue weighted by Gasteiger charge is 2.18. The molecule has 0 fully saturated rings. The summed E-state index contributed by atoms with van der Waals surface area (Å²) >= 11 is 0. The van der Waals surface area contributed by atoms with Crippen molar-refractivity contribution in [1.82, 2.24) is 10.2 Å². The van der Waals surface area contributed by atoms with Gasteiger partial charge >= 0.3 is 0 Å². The second-order valence-corrected chi connectivity index (χ2v) is 7.82. The van der Waals surface area contributed by atoms with Gasteiger partial charge in [-0.15, -0.1) is 10.2 Å². The van der Waals surface area contributed by atoms with Gasteiger partial charge in [-0.25, -0.2) is 8.42 Å². The maximum Gasteiger partial charge on any atom is 0.263 e. The maximum absolute atomic E-state index is 12.6. The molecule has 0 saturated heterocycles. The first kappa shape index (κ1) is 17.9. The Bertz CT molecular complexity index is 1030. The van der Waals surface area contributed by atoms with Gasteiger partial charge in [0.2, 0.25) is 0 Å². The normalized spacial score (nSPS) is 11.2. The second kappa shape index (κ2) is 7.13. The zero-order valence-electron chi connectivity index (χ0n) is 14.8. The number of nitrogens with zero attached hydrogens (tertiary/aromatic N) is 2. The number of sulfonamides is 1. The van der Waals surface area contributed by atoms with E-state index in [4.69, 9.17) is 0 Å². The van der Waals surface area contributed by atoms with Gasteiger partial charge in [-0.3, -0.25) is 4.72 Å². The van der Waals surface area contributed by atoms with E-state index in [-0.39, 0.29) is 10.7 Å². The van der Waals surface area contributed by atoms with E-state index >= 15 is 0 Å². The van der Waals surface area contributed by atoms with Crippen LogP contribution in [0.25, 0.3) is 0 Å². The molecule has 2 aromatic carbocycles. The molecule has 134 valence electrons. The minimum absolute atomic E-state index is 0.167. The molecule has 1 aromatic heterocycles. The summed E-state index contributed by atoms with van der Waals surface area (Å²) in [5.41, 5.74) is 3.57. The van der Waals surface area contributed by atoms with Crippen molar-refractivity contribution in [2.24, 2.45) is 0 Å². The number of rotatable bonds is 5. The molecule has 0 amide bonds. The van der Waals surface area contributed by atoms with Crippen LogP contribution >= 0.6 is 0 Å². The van der Waals surface area contributed by atoms with Crippen molar-refractivity contribution in [2.45, 2.75) is 25.7 Å². The molecule has 3 rings (SSSR count). The number of aromatic nitrogens is 2. The largest absolute Gasteiger partial charge is 0.339 e. The number of aryl methyl sites for hydroxylation is 3. The van der Waals surface area contributed by atoms with Crippen molar-refractivity contribution >= 4 is 27.3 Å². The highest BCUT2D eigenvalue weighted by Crippen LogP contribution is 2.20. The summed E-state index contributed by atoms with van der Waals surface area (Å²) in [7, 11) is -3.72. The second-order valence-electron chi connectivity index (χ2n) is 6.17. The quantitative estimate of drug-likeness (QED) is 0.712. The molecule has 0 aliphatic heterocycles. The van der Waals surface area contributed by atoms with Crippen LogP contribution in [-0.2, 0) is 10.0 Å². The molecule has 0 atom stereocenters. The van der Waals surface area contributed by atoms with Crippen molar-refractivity contribution < 1.29 is 8.42 Å². The van der Waals surface area contributed by atoms with Gasteiger partial charge in [0.15, 0.2) is 11.6 Å². The SMILES string of the molecule is Cc1cccc(Nc2ccc(NS(=O)(=O)c3cc(C)ccc3C)nn2)c1. The summed E-state index contributed by atoms with van der Waals surface area (Å²) in [5.74, 6) is 0.700. The predicted molar refractivity (Wildman–Crippen MR) is 103 cm³/mol. The Hall–Kier alpha value is -2.93. The van der Waals surface area contributed by atoms with Crippen LogP contribution in [0.1, 0.15) is 16.7 Å². The van der Waals surface area contributed by atoms with Crippen molar-refractivity contribution in [1.29, 1.82) is 0 Å². The summed E-state index contributed by atoms with van der Waals surface area (Å²) < 4.78 is 27.7. The van der Waals surface area contributed by atoms with Crippen LogP contribution in [0.4, 0.5) is 17.3 Å². The van der Waals surface area contributed by atoms with E-state index in [9.17, 15) is 8.42 Å². The topological polar surface area (TPSA) is 84.0 Å². The molecule has 0 aliphatic carbocycles. The van der Waals surface area contributed by atoms with Crippen LogP contribution in [0.5, 0.6) is 0 Å². The standard InChI is InChI=1S/C19H20N4O2S/c1-13-5-4-6-16(11-13)20-18-9-10-19(22-21-18)23-26(24,25)17-12-14(2)7-8-15(17)3/h4-12H,1-3H3,(H,20,21)(H,22,23). The van der Waals surface area contributed by atoms with Crippen LogP contribution in [-0.4, -0.2) is 18.6 Å². The third-order valence-electron chi connectivity index (χ3n) is 3.83. The van der Waals surface area contributed by atoms with Gasteiger partial charge in [0, 0.05) is 5.69 Å². The van der Waals surface area contributed by atoms with E-state index in [2.05, 4.69) is 20.2 Å². The average molecular weight is 368 g/mol. The first-order valence-electron chi connectivity index (χ1n) is 8.11. The van der Waals surface area contributed by atoms with Crippen molar-refractivity contribution in [3.8, 4) is 0 Å². The van der Waals surface area contributed by atoms with Gasteiger partial charge in [0.25, 0.3) is 10.0 Å². The molecule has 26 heavy (non-hydrogen) atoms. The molecule has 7 heteroatoms. The summed E-state index contributed by atoms with van der Waals surface area (Å²) in [6.45, 7) is 5.61. The van der Waals surface area contributed by atoms with Crippen LogP contribution in [0.3, 0.4) is 0 Å². The van der Waals surface area contributed by atoms with Gasteiger partial charge < -0.3 is 5.32 Å². The van der Waals surface area contributed by atoms with Crippen molar-refractivity contribution in [3.63, 3.8) is 0 Å². The number of hydrogen-bond donors (Lipinski definition) is 2. The van der Waals surface area contributed by atoms with Crippen molar-refractivity contribution in [2.75, 3.05) is 10.0 Å². The molecule has 0 unspecified atom stereocenters. The smallest absolute Gasteiger partial charge is 0.263 e. The third-order valence-corrected chi connectivity index (χ3v) is 5.32. The fourth-order valence-corrected chi connectivity index (χ4v) is 3.84. The van der Waals surface area contributed by atoms with Gasteiger partial charge in [-0.05, 0) is 67.8 Å². The van der Waals surface area contributed by atoms with E-state index in [0.717, 1.165) is 16.8 Å². The molecule has 0 aliphatic rings. The van der Waals surface area contributed by atoms with E-state index in [1.807, 2.05) is 44.2 Å². The molecule has 0 saturated carbocycles. The van der Waals surface area contributed by atoms with Crippen LogP contribution in [0, 0.1) is 20.8 Å². The molecular weight excluding hydrogens is 348 g/mol. The lowest BCUT2D eigenvalue weighted by atomic mass is 10.2. The molecule has 0 spiro atoms. The lowest BCUT2D eigenvalue weighted by molar-refractivity contribution is 0.600. The summed E-state index contributed by atoms with van der Waals surface area (Å²) in [4.78, 5) is 0.237. The van der Waals surface area contributed by atoms with Crippen LogP contribution in [0.15, 0.2) is 59.5 Å². The van der Waals surface area contributed by atoms with Gasteiger partial charge in [0.05, 0.1) is 4.90 Å². The van der Waals surface area contributed by atoms with Gasteiger partial charge in [-0.2, -0.15) is 0 Å². The Morgan fingerprint density at radius 1 is 0.808 bits per heavy atom. The Morgan fingerprint density at radius 2 is 1.50 bits per heavy atom. The van der Waals surface area contributed by atoms with Gasteiger partial charge in [-0.1, -0.05) is 24.3 Å². The molecule has 1 heterocycles. The van der Waals surface area contributed by atoms with Gasteiger partial charge in [0.1, 0.15) is 0 Å². The maximum atomic E-state index is 12.6. The summed E-state index contributed by atoms with van der Waals surface area (Å²) in [5, 5.41) is 11.1. The third kappa shape index (κ3) is 4.18. The minimum atomic E-state index is -3.72. The Kier molecular flexibility index (Phi) is 4.90. The van der Waals surface area contributed by atoms with Crippen LogP contribution < -0.4 is 10.0 Å². The van der Waals surface area contributed by atoms with Crippen LogP contribution in [0.2, 0.25) is 0 Å². The fraction of sp³-hybridized carbons (Fsp3) is 0.158. The first-order valence-corrected chi connectivity index (χ1v) is 9.59. The summed E-state index contributed by atoms with van der Waals surface area (Å²) in [6.07, 6.45) is 0. The van der Waals surface area contributed by atoms with E-state index in [0.29, 0.717) is 11.4 Å². The molecule has 3 aromatic rings. The zero-order chi connectivity index (χ0) is 18.7. The number of benzene rings is 2. The number of nitrogens with one attached hydrogen (secondary N) is 2. The highest BCUT2D eigenvalue weighted by atomic mass is 32.2. The van der Waals surface area contributed by atoms with E-state index in [1.54, 1.807) is 31.2 Å². The zero-order valence-corrected chi connectivity index (χ0v) is 15.6. The Morgan fingerprint density at radius 3 is 2.19 bits per heavy atom. The lowest BCUT2D eigenvalue weighted by Crippen LogP contribution is -2.15. The molecule has 0 radical (unpaired) electrons. The van der Waals surface area contributed by atoms with E-state index in [1.165, 1.54) is 0 Å². The minimum Gasteiger partial charge on any atom is -0.339 e. The summed E-state index contributed by atoms with van der Waals surface area (Å²) in [6, 6.07) is 16.4. The molecule has 2 N–H and O–H groups in total.